The van der Waals surface area contributed by atoms with Crippen molar-refractivity contribution in [2.75, 3.05) is 10.6 Å². The zero-order valence-corrected chi connectivity index (χ0v) is 23.1. The summed E-state index contributed by atoms with van der Waals surface area (Å²) in [6.07, 6.45) is 0. The lowest BCUT2D eigenvalue weighted by Crippen LogP contribution is -2.22. The number of nitrogens with one attached hydrogen (secondary N) is 2. The van der Waals surface area contributed by atoms with Crippen LogP contribution < -0.4 is 10.6 Å². The van der Waals surface area contributed by atoms with Gasteiger partial charge in [-0.05, 0) is 68.3 Å². The molecule has 0 aliphatic heterocycles. The second kappa shape index (κ2) is 11.8. The van der Waals surface area contributed by atoms with Crippen LogP contribution in [0.2, 0.25) is 20.1 Å². The SMILES string of the molecule is Cc1cc(C)cc(NC(=O)C(C)Sc2ccc(NC(=O)c3c(Cl)c(Cl)c(Cl)c(Cl)c3C(=O)O)cc2)c1. The summed E-state index contributed by atoms with van der Waals surface area (Å²) in [6, 6.07) is 12.5. The standard InChI is InChI=1S/C25H20Cl4N2O4S/c1-11-8-12(2)10-15(9-11)31-23(32)13(3)36-16-6-4-14(5-7-16)30-24(33)17-18(25(34)35)20(27)22(29)21(28)19(17)26/h4-10,13H,1-3H3,(H,30,33)(H,31,32)(H,34,35). The number of carboxylic acid groups (broad SMARTS) is 1. The number of carbonyl (C=O) groups is 3. The molecule has 2 amide bonds. The number of aromatic carboxylic acids is 1. The van der Waals surface area contributed by atoms with Crippen LogP contribution in [0.5, 0.6) is 0 Å². The Hall–Kier alpha value is -2.42. The summed E-state index contributed by atoms with van der Waals surface area (Å²) >= 11 is 25.4. The normalized spacial score (nSPS) is 11.6. The molecule has 3 N–H and O–H groups in total. The first-order valence-electron chi connectivity index (χ1n) is 10.5. The van der Waals surface area contributed by atoms with Gasteiger partial charge < -0.3 is 15.7 Å². The van der Waals surface area contributed by atoms with E-state index < -0.39 is 23.0 Å². The monoisotopic (exact) mass is 584 g/mol. The number of thioether (sulfide) groups is 1. The highest BCUT2D eigenvalue weighted by molar-refractivity contribution is 8.00. The Balaban J connectivity index is 1.72. The van der Waals surface area contributed by atoms with Crippen molar-refractivity contribution in [2.24, 2.45) is 0 Å². The van der Waals surface area contributed by atoms with E-state index in [9.17, 15) is 19.5 Å². The maximum absolute atomic E-state index is 12.9. The molecule has 0 spiro atoms. The van der Waals surface area contributed by atoms with Crippen LogP contribution in [-0.4, -0.2) is 28.1 Å². The number of aryl methyl sites for hydroxylation is 2. The van der Waals surface area contributed by atoms with E-state index in [1.54, 1.807) is 31.2 Å². The molecule has 3 rings (SSSR count). The van der Waals surface area contributed by atoms with Crippen molar-refractivity contribution in [1.82, 2.24) is 0 Å². The molecule has 0 heterocycles. The number of hydrogen-bond donors (Lipinski definition) is 3. The van der Waals surface area contributed by atoms with Crippen molar-refractivity contribution >= 4 is 87.3 Å². The summed E-state index contributed by atoms with van der Waals surface area (Å²) in [6.45, 7) is 5.73. The van der Waals surface area contributed by atoms with E-state index in [1.807, 2.05) is 32.0 Å². The zero-order valence-electron chi connectivity index (χ0n) is 19.2. The lowest BCUT2D eigenvalue weighted by Gasteiger charge is -2.15. The molecular formula is C25H20Cl4N2O4S. The van der Waals surface area contributed by atoms with Gasteiger partial charge in [0, 0.05) is 16.3 Å². The Morgan fingerprint density at radius 2 is 1.31 bits per heavy atom. The van der Waals surface area contributed by atoms with Gasteiger partial charge in [0.1, 0.15) is 0 Å². The first-order valence-corrected chi connectivity index (χ1v) is 12.8. The lowest BCUT2D eigenvalue weighted by atomic mass is 10.1. The molecule has 0 aromatic heterocycles. The van der Waals surface area contributed by atoms with Crippen LogP contribution in [0.25, 0.3) is 0 Å². The number of carbonyl (C=O) groups excluding carboxylic acids is 2. The first-order chi connectivity index (χ1) is 16.9. The average Bonchev–Trinajstić information content (AvgIpc) is 2.80. The van der Waals surface area contributed by atoms with Crippen molar-refractivity contribution < 1.29 is 19.5 Å². The highest BCUT2D eigenvalue weighted by Gasteiger charge is 2.29. The number of benzene rings is 3. The van der Waals surface area contributed by atoms with Crippen molar-refractivity contribution in [1.29, 1.82) is 0 Å². The zero-order chi connectivity index (χ0) is 26.7. The minimum absolute atomic E-state index is 0.144. The number of carboxylic acids is 1. The van der Waals surface area contributed by atoms with Crippen molar-refractivity contribution in [2.45, 2.75) is 30.9 Å². The first kappa shape index (κ1) is 28.2. The fourth-order valence-corrected chi connectivity index (χ4v) is 5.29. The van der Waals surface area contributed by atoms with Crippen LogP contribution in [0, 0.1) is 13.8 Å². The summed E-state index contributed by atoms with van der Waals surface area (Å²) in [5, 5.41) is 13.5. The van der Waals surface area contributed by atoms with E-state index in [2.05, 4.69) is 10.6 Å². The molecule has 0 radical (unpaired) electrons. The van der Waals surface area contributed by atoms with Crippen LogP contribution in [0.3, 0.4) is 0 Å². The second-order valence-corrected chi connectivity index (χ2v) is 10.8. The molecule has 0 bridgehead atoms. The van der Waals surface area contributed by atoms with E-state index in [1.165, 1.54) is 11.8 Å². The molecule has 36 heavy (non-hydrogen) atoms. The van der Waals surface area contributed by atoms with E-state index >= 15 is 0 Å². The molecule has 188 valence electrons. The molecule has 0 saturated carbocycles. The van der Waals surface area contributed by atoms with Crippen LogP contribution >= 0.6 is 58.2 Å². The highest BCUT2D eigenvalue weighted by Crippen LogP contribution is 2.42. The van der Waals surface area contributed by atoms with E-state index in [0.717, 1.165) is 21.7 Å². The van der Waals surface area contributed by atoms with E-state index in [0.29, 0.717) is 5.69 Å². The quantitative estimate of drug-likeness (QED) is 0.148. The molecule has 0 fully saturated rings. The molecule has 1 unspecified atom stereocenters. The predicted molar refractivity (Wildman–Crippen MR) is 148 cm³/mol. The van der Waals surface area contributed by atoms with Gasteiger partial charge >= 0.3 is 5.97 Å². The Morgan fingerprint density at radius 1 is 0.778 bits per heavy atom. The summed E-state index contributed by atoms with van der Waals surface area (Å²) in [5.74, 6) is -2.44. The van der Waals surface area contributed by atoms with Gasteiger partial charge in [-0.15, -0.1) is 11.8 Å². The number of amides is 2. The van der Waals surface area contributed by atoms with Crippen molar-refractivity contribution in [3.63, 3.8) is 0 Å². The van der Waals surface area contributed by atoms with Crippen LogP contribution in [0.4, 0.5) is 11.4 Å². The number of rotatable bonds is 7. The van der Waals surface area contributed by atoms with Gasteiger partial charge in [0.15, 0.2) is 0 Å². The van der Waals surface area contributed by atoms with Crippen LogP contribution in [0.15, 0.2) is 47.4 Å². The van der Waals surface area contributed by atoms with Crippen LogP contribution in [0.1, 0.15) is 38.8 Å². The summed E-state index contributed by atoms with van der Waals surface area (Å²) in [5.41, 5.74) is 2.27. The Kier molecular flexibility index (Phi) is 9.19. The van der Waals surface area contributed by atoms with Gasteiger partial charge in [0.2, 0.25) is 5.91 Å². The second-order valence-electron chi connectivity index (χ2n) is 7.92. The van der Waals surface area contributed by atoms with Crippen LogP contribution in [-0.2, 0) is 4.79 Å². The van der Waals surface area contributed by atoms with E-state index in [-0.39, 0.29) is 31.2 Å². The van der Waals surface area contributed by atoms with Gasteiger partial charge in [-0.1, -0.05) is 52.5 Å². The average molecular weight is 586 g/mol. The van der Waals surface area contributed by atoms with Crippen molar-refractivity contribution in [3.05, 3.63) is 84.8 Å². The summed E-state index contributed by atoms with van der Waals surface area (Å²) in [4.78, 5) is 38.0. The van der Waals surface area contributed by atoms with Gasteiger partial charge in [-0.25, -0.2) is 4.79 Å². The van der Waals surface area contributed by atoms with Gasteiger partial charge in [-0.3, -0.25) is 9.59 Å². The minimum atomic E-state index is -1.48. The number of anilines is 2. The number of halogens is 4. The Bertz CT molecular complexity index is 1340. The molecule has 6 nitrogen and oxygen atoms in total. The van der Waals surface area contributed by atoms with Gasteiger partial charge in [0.25, 0.3) is 5.91 Å². The molecule has 0 saturated heterocycles. The topological polar surface area (TPSA) is 95.5 Å². The maximum atomic E-state index is 12.9. The molecule has 3 aromatic carbocycles. The van der Waals surface area contributed by atoms with E-state index in [4.69, 9.17) is 46.4 Å². The molecular weight excluding hydrogens is 566 g/mol. The molecule has 11 heteroatoms. The molecule has 0 aliphatic rings. The third kappa shape index (κ3) is 6.47. The molecule has 0 aliphatic carbocycles. The Morgan fingerprint density at radius 3 is 1.83 bits per heavy atom. The van der Waals surface area contributed by atoms with Gasteiger partial charge in [-0.2, -0.15) is 0 Å². The molecule has 3 aromatic rings. The predicted octanol–water partition coefficient (Wildman–Crippen LogP) is 7.99. The fraction of sp³-hybridized carbons (Fsp3) is 0.160. The third-order valence-corrected chi connectivity index (χ3v) is 7.91. The maximum Gasteiger partial charge on any atom is 0.338 e. The summed E-state index contributed by atoms with van der Waals surface area (Å²) in [7, 11) is 0. The lowest BCUT2D eigenvalue weighted by molar-refractivity contribution is -0.115. The highest BCUT2D eigenvalue weighted by atomic mass is 35.5. The fourth-order valence-electron chi connectivity index (χ4n) is 3.40. The molecule has 1 atom stereocenters. The van der Waals surface area contributed by atoms with Crippen molar-refractivity contribution in [3.8, 4) is 0 Å². The largest absolute Gasteiger partial charge is 0.478 e. The summed E-state index contributed by atoms with van der Waals surface area (Å²) < 4.78 is 0. The van der Waals surface area contributed by atoms with Gasteiger partial charge in [0.05, 0.1) is 36.5 Å². The smallest absolute Gasteiger partial charge is 0.338 e. The number of hydrogen-bond acceptors (Lipinski definition) is 4. The Labute approximate surface area is 232 Å². The third-order valence-electron chi connectivity index (χ3n) is 4.99. The minimum Gasteiger partial charge on any atom is -0.478 e.